The first kappa shape index (κ1) is 14.8. The smallest absolute Gasteiger partial charge is 0.235 e. The van der Waals surface area contributed by atoms with E-state index >= 15 is 0 Å². The number of hydrogen-bond acceptors (Lipinski definition) is 3. The third-order valence-corrected chi connectivity index (χ3v) is 5.10. The van der Waals surface area contributed by atoms with Crippen LogP contribution in [0.15, 0.2) is 24.3 Å². The van der Waals surface area contributed by atoms with E-state index in [1.807, 2.05) is 6.07 Å². The second-order valence-corrected chi connectivity index (χ2v) is 6.52. The zero-order chi connectivity index (χ0) is 13.8. The molecule has 6 heteroatoms. The SMILES string of the molecule is CC(CCl)CS(=O)(=O)N(C)c1ccc(C#N)cc1. The first-order chi connectivity index (χ1) is 8.40. The summed E-state index contributed by atoms with van der Waals surface area (Å²) in [5.74, 6) is 0.213. The molecule has 98 valence electrons. The van der Waals surface area contributed by atoms with E-state index in [4.69, 9.17) is 16.9 Å². The Balaban J connectivity index is 2.92. The maximum absolute atomic E-state index is 12.1. The Kier molecular flexibility index (Phi) is 5.00. The Hall–Kier alpha value is -1.25. The number of halogens is 1. The topological polar surface area (TPSA) is 61.2 Å². The van der Waals surface area contributed by atoms with Crippen molar-refractivity contribution >= 4 is 27.3 Å². The molecule has 1 unspecified atom stereocenters. The summed E-state index contributed by atoms with van der Waals surface area (Å²) in [4.78, 5) is 0. The lowest BCUT2D eigenvalue weighted by molar-refractivity contribution is 0.581. The van der Waals surface area contributed by atoms with Gasteiger partial charge in [-0.1, -0.05) is 6.92 Å². The van der Waals surface area contributed by atoms with Crippen LogP contribution in [-0.2, 0) is 10.0 Å². The van der Waals surface area contributed by atoms with E-state index in [0.29, 0.717) is 17.1 Å². The minimum atomic E-state index is -3.38. The third kappa shape index (κ3) is 3.62. The fourth-order valence-corrected chi connectivity index (χ4v) is 3.16. The number of hydrogen-bond donors (Lipinski definition) is 0. The molecule has 0 heterocycles. The lowest BCUT2D eigenvalue weighted by atomic mass is 10.2. The van der Waals surface area contributed by atoms with Crippen LogP contribution in [0.25, 0.3) is 0 Å². The van der Waals surface area contributed by atoms with Crippen LogP contribution in [0, 0.1) is 17.2 Å². The molecule has 1 aromatic carbocycles. The molecule has 1 rings (SSSR count). The summed E-state index contributed by atoms with van der Waals surface area (Å²) in [7, 11) is -1.88. The van der Waals surface area contributed by atoms with Crippen LogP contribution in [-0.4, -0.2) is 27.1 Å². The van der Waals surface area contributed by atoms with E-state index < -0.39 is 10.0 Å². The Labute approximate surface area is 113 Å². The molecule has 4 nitrogen and oxygen atoms in total. The number of benzene rings is 1. The van der Waals surface area contributed by atoms with Crippen molar-refractivity contribution in [3.05, 3.63) is 29.8 Å². The quantitative estimate of drug-likeness (QED) is 0.780. The number of rotatable bonds is 5. The van der Waals surface area contributed by atoms with Gasteiger partial charge in [0.25, 0.3) is 0 Å². The van der Waals surface area contributed by atoms with Gasteiger partial charge in [0.2, 0.25) is 10.0 Å². The molecule has 0 amide bonds. The molecule has 0 aliphatic carbocycles. The van der Waals surface area contributed by atoms with Gasteiger partial charge in [-0.05, 0) is 30.2 Å². The predicted octanol–water partition coefficient (Wildman–Crippen LogP) is 2.20. The number of nitriles is 1. The molecular formula is C12H15ClN2O2S. The van der Waals surface area contributed by atoms with Crippen LogP contribution < -0.4 is 4.31 Å². The average Bonchev–Trinajstić information content (AvgIpc) is 2.37. The van der Waals surface area contributed by atoms with Crippen LogP contribution >= 0.6 is 11.6 Å². The van der Waals surface area contributed by atoms with Crippen LogP contribution in [0.5, 0.6) is 0 Å². The molecule has 0 saturated heterocycles. The Morgan fingerprint density at radius 3 is 2.39 bits per heavy atom. The second-order valence-electron chi connectivity index (χ2n) is 4.16. The summed E-state index contributed by atoms with van der Waals surface area (Å²) in [6.07, 6.45) is 0. The van der Waals surface area contributed by atoms with Crippen molar-refractivity contribution in [1.82, 2.24) is 0 Å². The monoisotopic (exact) mass is 286 g/mol. The normalized spacial score (nSPS) is 12.8. The molecule has 0 spiro atoms. The Morgan fingerprint density at radius 2 is 1.94 bits per heavy atom. The summed E-state index contributed by atoms with van der Waals surface area (Å²) in [6.45, 7) is 1.79. The van der Waals surface area contributed by atoms with Gasteiger partial charge in [-0.15, -0.1) is 11.6 Å². The predicted molar refractivity (Wildman–Crippen MR) is 73.2 cm³/mol. The average molecular weight is 287 g/mol. The molecule has 0 aliphatic heterocycles. The van der Waals surface area contributed by atoms with Gasteiger partial charge < -0.3 is 0 Å². The highest BCUT2D eigenvalue weighted by atomic mass is 35.5. The molecule has 0 aliphatic rings. The molecule has 0 saturated carbocycles. The number of alkyl halides is 1. The van der Waals surface area contributed by atoms with Crippen molar-refractivity contribution in [2.75, 3.05) is 23.0 Å². The van der Waals surface area contributed by atoms with Gasteiger partial charge in [-0.25, -0.2) is 8.42 Å². The van der Waals surface area contributed by atoms with E-state index in [1.54, 1.807) is 31.2 Å². The van der Waals surface area contributed by atoms with Crippen molar-refractivity contribution in [3.8, 4) is 6.07 Å². The molecule has 0 fully saturated rings. The highest BCUT2D eigenvalue weighted by Gasteiger charge is 2.21. The summed E-state index contributed by atoms with van der Waals surface area (Å²) >= 11 is 5.63. The second kappa shape index (κ2) is 6.07. The molecule has 1 atom stereocenters. The van der Waals surface area contributed by atoms with Gasteiger partial charge in [0.1, 0.15) is 0 Å². The van der Waals surface area contributed by atoms with Crippen LogP contribution in [0.4, 0.5) is 5.69 Å². The minimum absolute atomic E-state index is 0.00695. The van der Waals surface area contributed by atoms with Crippen LogP contribution in [0.3, 0.4) is 0 Å². The zero-order valence-electron chi connectivity index (χ0n) is 10.3. The maximum Gasteiger partial charge on any atom is 0.235 e. The lowest BCUT2D eigenvalue weighted by Crippen LogP contribution is -2.31. The molecule has 0 radical (unpaired) electrons. The van der Waals surface area contributed by atoms with Crippen molar-refractivity contribution in [2.45, 2.75) is 6.92 Å². The largest absolute Gasteiger partial charge is 0.273 e. The van der Waals surface area contributed by atoms with Crippen molar-refractivity contribution in [2.24, 2.45) is 5.92 Å². The molecule has 0 aromatic heterocycles. The summed E-state index contributed by atoms with van der Waals surface area (Å²) in [5.41, 5.74) is 1.04. The number of sulfonamides is 1. The van der Waals surface area contributed by atoms with E-state index in [0.717, 1.165) is 0 Å². The van der Waals surface area contributed by atoms with Crippen LogP contribution in [0.1, 0.15) is 12.5 Å². The molecule has 0 N–H and O–H groups in total. The molecule has 1 aromatic rings. The van der Waals surface area contributed by atoms with Gasteiger partial charge in [-0.3, -0.25) is 4.31 Å². The summed E-state index contributed by atoms with van der Waals surface area (Å²) in [5, 5.41) is 8.68. The van der Waals surface area contributed by atoms with Crippen LogP contribution in [0.2, 0.25) is 0 Å². The molecule has 0 bridgehead atoms. The highest BCUT2D eigenvalue weighted by molar-refractivity contribution is 7.92. The Bertz CT molecular complexity index is 534. The third-order valence-electron chi connectivity index (χ3n) is 2.54. The Morgan fingerprint density at radius 1 is 1.39 bits per heavy atom. The fourth-order valence-electron chi connectivity index (χ4n) is 1.42. The number of nitrogens with zero attached hydrogens (tertiary/aromatic N) is 2. The van der Waals surface area contributed by atoms with Crippen molar-refractivity contribution in [1.29, 1.82) is 5.26 Å². The van der Waals surface area contributed by atoms with E-state index in [9.17, 15) is 8.42 Å². The van der Waals surface area contributed by atoms with Crippen molar-refractivity contribution in [3.63, 3.8) is 0 Å². The zero-order valence-corrected chi connectivity index (χ0v) is 11.9. The van der Waals surface area contributed by atoms with Gasteiger partial charge in [-0.2, -0.15) is 5.26 Å². The number of anilines is 1. The van der Waals surface area contributed by atoms with Crippen molar-refractivity contribution < 1.29 is 8.42 Å². The first-order valence-corrected chi connectivity index (χ1v) is 7.58. The van der Waals surface area contributed by atoms with Gasteiger partial charge in [0.05, 0.1) is 23.1 Å². The van der Waals surface area contributed by atoms with Gasteiger partial charge in [0.15, 0.2) is 0 Å². The molecule has 18 heavy (non-hydrogen) atoms. The van der Waals surface area contributed by atoms with E-state index in [2.05, 4.69) is 0 Å². The van der Waals surface area contributed by atoms with Gasteiger partial charge >= 0.3 is 0 Å². The summed E-state index contributed by atoms with van der Waals surface area (Å²) < 4.78 is 25.3. The first-order valence-electron chi connectivity index (χ1n) is 5.43. The summed E-state index contributed by atoms with van der Waals surface area (Å²) in [6, 6.07) is 8.39. The van der Waals surface area contributed by atoms with E-state index in [-0.39, 0.29) is 11.7 Å². The minimum Gasteiger partial charge on any atom is -0.273 e. The van der Waals surface area contributed by atoms with E-state index in [1.165, 1.54) is 11.4 Å². The fraction of sp³-hybridized carbons (Fsp3) is 0.417. The lowest BCUT2D eigenvalue weighted by Gasteiger charge is -2.21. The highest BCUT2D eigenvalue weighted by Crippen LogP contribution is 2.18. The maximum atomic E-state index is 12.1. The standard InChI is InChI=1S/C12H15ClN2O2S/c1-10(7-13)9-18(16,17)15(2)12-5-3-11(8-14)4-6-12/h3-6,10H,7,9H2,1-2H3. The van der Waals surface area contributed by atoms with Gasteiger partial charge in [0, 0.05) is 12.9 Å². The molecular weight excluding hydrogens is 272 g/mol.